The van der Waals surface area contributed by atoms with Crippen LogP contribution in [0.5, 0.6) is 0 Å². The minimum absolute atomic E-state index is 0.0303. The summed E-state index contributed by atoms with van der Waals surface area (Å²) in [5, 5.41) is 9.76. The van der Waals surface area contributed by atoms with Crippen molar-refractivity contribution in [1.82, 2.24) is 24.9 Å². The van der Waals surface area contributed by atoms with Gasteiger partial charge in [0.2, 0.25) is 17.7 Å². The molecule has 1 atom stereocenters. The lowest BCUT2D eigenvalue weighted by molar-refractivity contribution is -0.248. The third-order valence-corrected chi connectivity index (χ3v) is 8.89. The predicted octanol–water partition coefficient (Wildman–Crippen LogP) is 2.79. The van der Waals surface area contributed by atoms with Crippen molar-refractivity contribution in [1.29, 1.82) is 0 Å². The molecule has 1 unspecified atom stereocenters. The summed E-state index contributed by atoms with van der Waals surface area (Å²) >= 11 is 0. The number of hydrogen-bond acceptors (Lipinski definition) is 7. The molecule has 222 valence electrons. The largest absolute Gasteiger partial charge is 0.403 e. The van der Waals surface area contributed by atoms with E-state index in [2.05, 4.69) is 15.7 Å². The number of piperidine rings is 2. The summed E-state index contributed by atoms with van der Waals surface area (Å²) in [5.41, 5.74) is -0.724. The summed E-state index contributed by atoms with van der Waals surface area (Å²) in [6.07, 6.45) is 0.0717. The van der Waals surface area contributed by atoms with Crippen LogP contribution in [0.4, 0.5) is 18.9 Å². The van der Waals surface area contributed by atoms with Gasteiger partial charge in [-0.2, -0.15) is 18.3 Å². The summed E-state index contributed by atoms with van der Waals surface area (Å²) in [6.45, 7) is 0.720. The first-order valence-corrected chi connectivity index (χ1v) is 14.0. The number of rotatable bonds is 6. The molecule has 2 saturated heterocycles. The van der Waals surface area contributed by atoms with Crippen LogP contribution in [0.2, 0.25) is 0 Å². The number of carbonyl (C=O) groups is 5. The third kappa shape index (κ3) is 4.52. The zero-order valence-corrected chi connectivity index (χ0v) is 22.6. The van der Waals surface area contributed by atoms with E-state index in [1.807, 2.05) is 6.20 Å². The number of nitrogens with one attached hydrogen (secondary N) is 2. The number of benzene rings is 1. The van der Waals surface area contributed by atoms with Crippen molar-refractivity contribution in [2.24, 2.45) is 5.41 Å². The number of alkyl halides is 3. The van der Waals surface area contributed by atoms with E-state index in [1.54, 1.807) is 23.0 Å². The molecule has 11 nitrogen and oxygen atoms in total. The maximum atomic E-state index is 13.6. The van der Waals surface area contributed by atoms with Crippen molar-refractivity contribution in [3.05, 3.63) is 47.3 Å². The molecule has 1 aromatic heterocycles. The molecule has 0 bridgehead atoms. The van der Waals surface area contributed by atoms with Crippen LogP contribution >= 0.6 is 0 Å². The molecule has 5 amide bonds. The molecular weight excluding hydrogens is 557 g/mol. The predicted molar refractivity (Wildman–Crippen MR) is 140 cm³/mol. The SMILES string of the molecule is O=C1CCC(N2C(=O)c3cccc(NCc4cnn(C5CCN(C(=O)C6(C(F)(F)F)CCC6)CC5)c4)c3C2=O)C(=O)N1. The fraction of sp³-hybridized carbons (Fsp3) is 0.500. The fourth-order valence-electron chi connectivity index (χ4n) is 6.31. The van der Waals surface area contributed by atoms with Gasteiger partial charge in [0.25, 0.3) is 11.8 Å². The Hall–Kier alpha value is -4.23. The molecule has 1 aromatic carbocycles. The van der Waals surface area contributed by atoms with Crippen LogP contribution in [0.1, 0.15) is 77.3 Å². The van der Waals surface area contributed by atoms with E-state index >= 15 is 0 Å². The Labute approximate surface area is 238 Å². The first-order chi connectivity index (χ1) is 20.0. The first kappa shape index (κ1) is 27.9. The lowest BCUT2D eigenvalue weighted by Crippen LogP contribution is -2.57. The third-order valence-electron chi connectivity index (χ3n) is 8.89. The maximum absolute atomic E-state index is 13.6. The number of anilines is 1. The molecule has 3 aliphatic heterocycles. The molecule has 2 aromatic rings. The Bertz CT molecular complexity index is 1470. The molecule has 2 N–H and O–H groups in total. The first-order valence-electron chi connectivity index (χ1n) is 14.0. The molecule has 42 heavy (non-hydrogen) atoms. The highest BCUT2D eigenvalue weighted by molar-refractivity contribution is 6.25. The number of hydrogen-bond donors (Lipinski definition) is 2. The van der Waals surface area contributed by atoms with Crippen LogP contribution in [0, 0.1) is 5.41 Å². The van der Waals surface area contributed by atoms with Crippen LogP contribution in [0.25, 0.3) is 0 Å². The van der Waals surface area contributed by atoms with Crippen molar-refractivity contribution >= 4 is 35.2 Å². The van der Waals surface area contributed by atoms with Gasteiger partial charge in [-0.15, -0.1) is 0 Å². The standard InChI is InChI=1S/C28H29F3N6O5/c29-28(30,31)27(9-2-10-27)26(42)35-11-7-17(8-12-35)36-15-16(14-33-36)13-32-19-4-1-3-18-22(19)25(41)37(24(18)40)20-5-6-21(38)34-23(20)39/h1,3-4,14-15,17,20,32H,2,5-13H2,(H,34,38,39). The number of halogens is 3. The Kier molecular flexibility index (Phi) is 6.81. The van der Waals surface area contributed by atoms with Crippen molar-refractivity contribution in [3.8, 4) is 0 Å². The van der Waals surface area contributed by atoms with E-state index < -0.39 is 47.2 Å². The second kappa shape index (κ2) is 10.2. The second-order valence-electron chi connectivity index (χ2n) is 11.3. The van der Waals surface area contributed by atoms with E-state index in [0.717, 1.165) is 10.5 Å². The minimum Gasteiger partial charge on any atom is -0.380 e. The van der Waals surface area contributed by atoms with Gasteiger partial charge in [0.15, 0.2) is 0 Å². The van der Waals surface area contributed by atoms with Gasteiger partial charge in [-0.25, -0.2) is 0 Å². The second-order valence-corrected chi connectivity index (χ2v) is 11.3. The van der Waals surface area contributed by atoms with Crippen molar-refractivity contribution in [2.45, 2.75) is 69.8 Å². The summed E-state index contributed by atoms with van der Waals surface area (Å²) < 4.78 is 42.6. The number of carbonyl (C=O) groups excluding carboxylic acids is 5. The van der Waals surface area contributed by atoms with Crippen LogP contribution in [0.3, 0.4) is 0 Å². The van der Waals surface area contributed by atoms with Gasteiger partial charge in [0.1, 0.15) is 11.5 Å². The highest BCUT2D eigenvalue weighted by Gasteiger charge is 2.64. The van der Waals surface area contributed by atoms with Crippen molar-refractivity contribution in [3.63, 3.8) is 0 Å². The topological polar surface area (TPSA) is 134 Å². The van der Waals surface area contributed by atoms with Crippen molar-refractivity contribution < 1.29 is 37.1 Å². The smallest absolute Gasteiger partial charge is 0.380 e. The molecule has 6 rings (SSSR count). The molecule has 4 heterocycles. The highest BCUT2D eigenvalue weighted by atomic mass is 19.4. The Morgan fingerprint density at radius 3 is 2.45 bits per heavy atom. The minimum atomic E-state index is -4.54. The van der Waals surface area contributed by atoms with Crippen LogP contribution in [-0.2, 0) is 20.9 Å². The Morgan fingerprint density at radius 2 is 1.81 bits per heavy atom. The van der Waals surface area contributed by atoms with E-state index in [0.29, 0.717) is 24.9 Å². The summed E-state index contributed by atoms with van der Waals surface area (Å²) in [5.74, 6) is -3.15. The van der Waals surface area contributed by atoms with E-state index in [-0.39, 0.29) is 62.5 Å². The number of aromatic nitrogens is 2. The summed E-state index contributed by atoms with van der Waals surface area (Å²) in [4.78, 5) is 65.2. The number of nitrogens with zero attached hydrogens (tertiary/aromatic N) is 4. The highest BCUT2D eigenvalue weighted by Crippen LogP contribution is 2.54. The zero-order chi connectivity index (χ0) is 29.8. The van der Waals surface area contributed by atoms with Gasteiger partial charge in [-0.1, -0.05) is 12.5 Å². The van der Waals surface area contributed by atoms with E-state index in [9.17, 15) is 37.1 Å². The average Bonchev–Trinajstić information content (AvgIpc) is 3.49. The molecule has 1 saturated carbocycles. The van der Waals surface area contributed by atoms with Crippen LogP contribution < -0.4 is 10.6 Å². The van der Waals surface area contributed by atoms with Crippen LogP contribution in [0.15, 0.2) is 30.6 Å². The number of amides is 5. The normalized spacial score (nSPS) is 22.6. The van der Waals surface area contributed by atoms with Crippen LogP contribution in [-0.4, -0.2) is 74.4 Å². The molecule has 0 spiro atoms. The van der Waals surface area contributed by atoms with Gasteiger partial charge in [-0.3, -0.25) is 38.9 Å². The van der Waals surface area contributed by atoms with Crippen molar-refractivity contribution in [2.75, 3.05) is 18.4 Å². The van der Waals surface area contributed by atoms with Gasteiger partial charge < -0.3 is 10.2 Å². The monoisotopic (exact) mass is 586 g/mol. The lowest BCUT2D eigenvalue weighted by Gasteiger charge is -2.45. The molecular formula is C28H29F3N6O5. The quantitative estimate of drug-likeness (QED) is 0.498. The summed E-state index contributed by atoms with van der Waals surface area (Å²) in [6, 6.07) is 3.67. The Balaban J connectivity index is 1.08. The van der Waals surface area contributed by atoms with Gasteiger partial charge >= 0.3 is 6.18 Å². The Morgan fingerprint density at radius 1 is 1.07 bits per heavy atom. The van der Waals surface area contributed by atoms with Gasteiger partial charge in [0.05, 0.1) is 23.4 Å². The molecule has 3 fully saturated rings. The molecule has 4 aliphatic rings. The molecule has 14 heteroatoms. The number of likely N-dealkylation sites (tertiary alicyclic amines) is 1. The lowest BCUT2D eigenvalue weighted by atomic mass is 9.67. The average molecular weight is 587 g/mol. The van der Waals surface area contributed by atoms with Gasteiger partial charge in [0, 0.05) is 43.5 Å². The van der Waals surface area contributed by atoms with Gasteiger partial charge in [-0.05, 0) is 44.2 Å². The summed E-state index contributed by atoms with van der Waals surface area (Å²) in [7, 11) is 0. The number of fused-ring (bicyclic) bond motifs is 1. The molecule has 0 radical (unpaired) electrons. The fourth-order valence-corrected chi connectivity index (χ4v) is 6.31. The van der Waals surface area contributed by atoms with E-state index in [4.69, 9.17) is 0 Å². The number of imide groups is 2. The zero-order valence-electron chi connectivity index (χ0n) is 22.6. The molecule has 1 aliphatic carbocycles. The van der Waals surface area contributed by atoms with E-state index in [1.165, 1.54) is 11.0 Å². The maximum Gasteiger partial charge on any atom is 0.403 e.